The minimum Gasteiger partial charge on any atom is -0.489 e. The van der Waals surface area contributed by atoms with Crippen LogP contribution in [0, 0.1) is 6.92 Å². The number of hydrogen-bond donors (Lipinski definition) is 1. The second kappa shape index (κ2) is 10.6. The van der Waals surface area contributed by atoms with Gasteiger partial charge < -0.3 is 10.1 Å². The highest BCUT2D eigenvalue weighted by atomic mass is 35.5. The highest BCUT2D eigenvalue weighted by Crippen LogP contribution is 2.19. The van der Waals surface area contributed by atoms with Crippen molar-refractivity contribution in [1.29, 1.82) is 0 Å². The molecule has 3 heteroatoms. The molecule has 0 amide bonds. The number of benzene rings is 3. The van der Waals surface area contributed by atoms with Crippen LogP contribution in [0.3, 0.4) is 0 Å². The summed E-state index contributed by atoms with van der Waals surface area (Å²) in [7, 11) is 0. The lowest BCUT2D eigenvalue weighted by Gasteiger charge is -2.12. The molecule has 136 valence electrons. The van der Waals surface area contributed by atoms with E-state index in [9.17, 15) is 0 Å². The van der Waals surface area contributed by atoms with E-state index in [2.05, 4.69) is 79.0 Å². The van der Waals surface area contributed by atoms with E-state index in [1.165, 1.54) is 22.3 Å². The van der Waals surface area contributed by atoms with Gasteiger partial charge in [-0.3, -0.25) is 0 Å². The Balaban J connectivity index is 0.00000243. The van der Waals surface area contributed by atoms with Gasteiger partial charge in [0, 0.05) is 12.1 Å². The summed E-state index contributed by atoms with van der Waals surface area (Å²) in [5.74, 6) is 0.954. The van der Waals surface area contributed by atoms with Gasteiger partial charge in [0.2, 0.25) is 0 Å². The molecule has 0 fully saturated rings. The van der Waals surface area contributed by atoms with Gasteiger partial charge in [-0.1, -0.05) is 78.4 Å². The van der Waals surface area contributed by atoms with Crippen molar-refractivity contribution >= 4 is 12.4 Å². The maximum atomic E-state index is 6.04. The SMILES string of the molecule is Cc1ccc(COc2ccccc2CNCCc2ccccc2)cc1.Cl. The average molecular weight is 368 g/mol. The van der Waals surface area contributed by atoms with Crippen molar-refractivity contribution in [3.63, 3.8) is 0 Å². The molecule has 2 nitrogen and oxygen atoms in total. The van der Waals surface area contributed by atoms with Gasteiger partial charge in [-0.2, -0.15) is 0 Å². The van der Waals surface area contributed by atoms with Crippen LogP contribution in [0.25, 0.3) is 0 Å². The first-order valence-electron chi connectivity index (χ1n) is 8.82. The summed E-state index contributed by atoms with van der Waals surface area (Å²) in [6.07, 6.45) is 1.03. The number of nitrogens with one attached hydrogen (secondary N) is 1. The minimum absolute atomic E-state index is 0. The van der Waals surface area contributed by atoms with Gasteiger partial charge in [-0.05, 0) is 37.1 Å². The molecular weight excluding hydrogens is 342 g/mol. The van der Waals surface area contributed by atoms with Crippen LogP contribution in [-0.2, 0) is 19.6 Å². The summed E-state index contributed by atoms with van der Waals surface area (Å²) in [4.78, 5) is 0. The molecule has 0 aliphatic carbocycles. The molecule has 0 aromatic heterocycles. The van der Waals surface area contributed by atoms with E-state index < -0.39 is 0 Å². The number of aryl methyl sites for hydroxylation is 1. The van der Waals surface area contributed by atoms with Gasteiger partial charge in [-0.25, -0.2) is 0 Å². The topological polar surface area (TPSA) is 21.3 Å². The number of rotatable bonds is 8. The molecule has 0 spiro atoms. The lowest BCUT2D eigenvalue weighted by atomic mass is 10.1. The van der Waals surface area contributed by atoms with E-state index in [-0.39, 0.29) is 12.4 Å². The van der Waals surface area contributed by atoms with Crippen LogP contribution in [0.4, 0.5) is 0 Å². The van der Waals surface area contributed by atoms with Crippen LogP contribution in [0.5, 0.6) is 5.75 Å². The first-order chi connectivity index (χ1) is 12.3. The van der Waals surface area contributed by atoms with E-state index in [0.29, 0.717) is 6.61 Å². The van der Waals surface area contributed by atoms with Gasteiger partial charge in [0.1, 0.15) is 12.4 Å². The molecule has 0 bridgehead atoms. The Kier molecular flexibility index (Phi) is 8.20. The Bertz CT molecular complexity index is 772. The summed E-state index contributed by atoms with van der Waals surface area (Å²) >= 11 is 0. The van der Waals surface area contributed by atoms with Gasteiger partial charge in [-0.15, -0.1) is 12.4 Å². The van der Waals surface area contributed by atoms with Crippen molar-refractivity contribution in [2.45, 2.75) is 26.5 Å². The van der Waals surface area contributed by atoms with Crippen molar-refractivity contribution in [3.05, 3.63) is 101 Å². The quantitative estimate of drug-likeness (QED) is 0.543. The summed E-state index contributed by atoms with van der Waals surface area (Å²) in [5.41, 5.74) is 5.02. The summed E-state index contributed by atoms with van der Waals surface area (Å²) in [6, 6.07) is 27.3. The molecule has 3 aromatic rings. The van der Waals surface area contributed by atoms with Crippen molar-refractivity contribution in [1.82, 2.24) is 5.32 Å². The zero-order valence-electron chi connectivity index (χ0n) is 15.2. The molecule has 0 unspecified atom stereocenters. The van der Waals surface area contributed by atoms with Crippen molar-refractivity contribution in [2.75, 3.05) is 6.54 Å². The van der Waals surface area contributed by atoms with E-state index in [1.807, 2.05) is 12.1 Å². The van der Waals surface area contributed by atoms with E-state index in [1.54, 1.807) is 0 Å². The van der Waals surface area contributed by atoms with E-state index in [4.69, 9.17) is 4.74 Å². The molecule has 0 aliphatic rings. The Morgan fingerprint density at radius 2 is 1.46 bits per heavy atom. The van der Waals surface area contributed by atoms with Crippen LogP contribution < -0.4 is 10.1 Å². The molecule has 0 atom stereocenters. The fraction of sp³-hybridized carbons (Fsp3) is 0.217. The molecule has 3 rings (SSSR count). The van der Waals surface area contributed by atoms with Gasteiger partial charge in [0.15, 0.2) is 0 Å². The number of para-hydroxylation sites is 1. The van der Waals surface area contributed by atoms with Crippen molar-refractivity contribution in [3.8, 4) is 5.75 Å². The van der Waals surface area contributed by atoms with E-state index in [0.717, 1.165) is 25.3 Å². The minimum atomic E-state index is 0. The van der Waals surface area contributed by atoms with Gasteiger partial charge in [0.25, 0.3) is 0 Å². The van der Waals surface area contributed by atoms with Crippen LogP contribution in [0.15, 0.2) is 78.9 Å². The third-order valence-electron chi connectivity index (χ3n) is 4.24. The molecular formula is C23H26ClNO. The first kappa shape index (κ1) is 20.0. The second-order valence-corrected chi connectivity index (χ2v) is 6.29. The van der Waals surface area contributed by atoms with Gasteiger partial charge in [0.05, 0.1) is 0 Å². The first-order valence-corrected chi connectivity index (χ1v) is 8.82. The molecule has 0 radical (unpaired) electrons. The normalized spacial score (nSPS) is 10.2. The van der Waals surface area contributed by atoms with E-state index >= 15 is 0 Å². The lowest BCUT2D eigenvalue weighted by molar-refractivity contribution is 0.302. The fourth-order valence-electron chi connectivity index (χ4n) is 2.74. The number of hydrogen-bond acceptors (Lipinski definition) is 2. The summed E-state index contributed by atoms with van der Waals surface area (Å²) < 4.78 is 6.04. The molecule has 0 saturated heterocycles. The zero-order valence-corrected chi connectivity index (χ0v) is 16.0. The molecule has 3 aromatic carbocycles. The zero-order chi connectivity index (χ0) is 17.3. The third-order valence-corrected chi connectivity index (χ3v) is 4.24. The second-order valence-electron chi connectivity index (χ2n) is 6.29. The molecule has 1 N–H and O–H groups in total. The Morgan fingerprint density at radius 1 is 0.769 bits per heavy atom. The third kappa shape index (κ3) is 6.21. The Labute approximate surface area is 162 Å². The van der Waals surface area contributed by atoms with Crippen molar-refractivity contribution in [2.24, 2.45) is 0 Å². The highest BCUT2D eigenvalue weighted by Gasteiger charge is 2.03. The largest absolute Gasteiger partial charge is 0.489 e. The van der Waals surface area contributed by atoms with Crippen LogP contribution in [0.1, 0.15) is 22.3 Å². The smallest absolute Gasteiger partial charge is 0.124 e. The molecule has 0 heterocycles. The monoisotopic (exact) mass is 367 g/mol. The van der Waals surface area contributed by atoms with Crippen molar-refractivity contribution < 1.29 is 4.74 Å². The standard InChI is InChI=1S/C23H25NO.ClH/c1-19-11-13-21(14-12-19)18-25-23-10-6-5-9-22(23)17-24-16-15-20-7-3-2-4-8-20;/h2-14,24H,15-18H2,1H3;1H. The maximum Gasteiger partial charge on any atom is 0.124 e. The van der Waals surface area contributed by atoms with Crippen LogP contribution in [-0.4, -0.2) is 6.54 Å². The van der Waals surface area contributed by atoms with Gasteiger partial charge >= 0.3 is 0 Å². The van der Waals surface area contributed by atoms with Crippen LogP contribution in [0.2, 0.25) is 0 Å². The summed E-state index contributed by atoms with van der Waals surface area (Å²) in [6.45, 7) is 4.47. The molecule has 26 heavy (non-hydrogen) atoms. The Morgan fingerprint density at radius 3 is 2.23 bits per heavy atom. The highest BCUT2D eigenvalue weighted by molar-refractivity contribution is 5.85. The number of ether oxygens (including phenoxy) is 1. The maximum absolute atomic E-state index is 6.04. The fourth-order valence-corrected chi connectivity index (χ4v) is 2.74. The predicted molar refractivity (Wildman–Crippen MR) is 111 cm³/mol. The lowest BCUT2D eigenvalue weighted by Crippen LogP contribution is -2.17. The molecule has 0 saturated carbocycles. The predicted octanol–water partition coefficient (Wildman–Crippen LogP) is 5.33. The average Bonchev–Trinajstić information content (AvgIpc) is 2.66. The summed E-state index contributed by atoms with van der Waals surface area (Å²) in [5, 5.41) is 3.52. The molecule has 0 aliphatic heterocycles. The number of halogens is 1. The van der Waals surface area contributed by atoms with Crippen LogP contribution >= 0.6 is 12.4 Å². The Hall–Kier alpha value is -2.29.